The van der Waals surface area contributed by atoms with E-state index in [1.807, 2.05) is 30.3 Å². The predicted octanol–water partition coefficient (Wildman–Crippen LogP) is 3.54. The van der Waals surface area contributed by atoms with Crippen molar-refractivity contribution < 1.29 is 9.59 Å². The molecule has 0 bridgehead atoms. The third-order valence-electron chi connectivity index (χ3n) is 4.09. The first kappa shape index (κ1) is 14.5. The summed E-state index contributed by atoms with van der Waals surface area (Å²) in [5, 5.41) is 0. The van der Waals surface area contributed by atoms with Crippen molar-refractivity contribution in [3.8, 4) is 0 Å². The molecule has 112 valence electrons. The van der Waals surface area contributed by atoms with E-state index in [4.69, 9.17) is 0 Å². The van der Waals surface area contributed by atoms with Gasteiger partial charge < -0.3 is 0 Å². The number of hydrogen-bond acceptors (Lipinski definition) is 2. The van der Waals surface area contributed by atoms with Crippen molar-refractivity contribution in [3.05, 3.63) is 70.8 Å². The third-order valence-corrected chi connectivity index (χ3v) is 4.09. The first-order valence-electron chi connectivity index (χ1n) is 7.57. The van der Waals surface area contributed by atoms with Gasteiger partial charge in [0, 0.05) is 5.56 Å². The Labute approximate surface area is 130 Å². The van der Waals surface area contributed by atoms with Crippen LogP contribution < -0.4 is 0 Å². The lowest BCUT2D eigenvalue weighted by molar-refractivity contribution is -0.128. The molecule has 3 heteroatoms. The monoisotopic (exact) mass is 293 g/mol. The Kier molecular flexibility index (Phi) is 3.80. The van der Waals surface area contributed by atoms with Crippen LogP contribution in [0, 0.1) is 0 Å². The number of imide groups is 1. The van der Waals surface area contributed by atoms with Crippen LogP contribution in [-0.2, 0) is 17.8 Å². The molecule has 0 unspecified atom stereocenters. The molecule has 1 aliphatic heterocycles. The second-order valence-corrected chi connectivity index (χ2v) is 6.02. The normalized spacial score (nSPS) is 14.4. The van der Waals surface area contributed by atoms with E-state index in [1.165, 1.54) is 10.5 Å². The molecular formula is C19H19NO2. The van der Waals surface area contributed by atoms with Crippen LogP contribution in [0.1, 0.15) is 46.8 Å². The van der Waals surface area contributed by atoms with Crippen LogP contribution in [0.4, 0.5) is 0 Å². The van der Waals surface area contributed by atoms with E-state index in [1.54, 1.807) is 6.07 Å². The highest BCUT2D eigenvalue weighted by Crippen LogP contribution is 2.22. The van der Waals surface area contributed by atoms with E-state index in [0.29, 0.717) is 24.4 Å². The highest BCUT2D eigenvalue weighted by Gasteiger charge is 2.30. The Morgan fingerprint density at radius 1 is 1.05 bits per heavy atom. The summed E-state index contributed by atoms with van der Waals surface area (Å²) in [7, 11) is 0. The molecule has 0 atom stereocenters. The predicted molar refractivity (Wildman–Crippen MR) is 85.6 cm³/mol. The quantitative estimate of drug-likeness (QED) is 0.812. The Morgan fingerprint density at radius 2 is 1.82 bits per heavy atom. The van der Waals surface area contributed by atoms with Gasteiger partial charge in [0.05, 0.1) is 13.0 Å². The molecule has 0 N–H and O–H groups in total. The van der Waals surface area contributed by atoms with Crippen LogP contribution in [-0.4, -0.2) is 16.7 Å². The van der Waals surface area contributed by atoms with Gasteiger partial charge in [-0.1, -0.05) is 56.3 Å². The Bertz CT molecular complexity index is 734. The second-order valence-electron chi connectivity index (χ2n) is 6.02. The topological polar surface area (TPSA) is 37.4 Å². The molecule has 0 spiro atoms. The van der Waals surface area contributed by atoms with Gasteiger partial charge in [-0.2, -0.15) is 0 Å². The zero-order valence-corrected chi connectivity index (χ0v) is 12.9. The van der Waals surface area contributed by atoms with Gasteiger partial charge in [-0.15, -0.1) is 0 Å². The standard InChI is InChI=1S/C19H19NO2/c1-13(2)15-8-5-6-14(10-15)12-20-18(21)11-16-7-3-4-9-17(16)19(20)22/h3-10,13H,11-12H2,1-2H3. The van der Waals surface area contributed by atoms with Gasteiger partial charge in [0.2, 0.25) is 5.91 Å². The van der Waals surface area contributed by atoms with Crippen molar-refractivity contribution in [1.82, 2.24) is 4.90 Å². The highest BCUT2D eigenvalue weighted by atomic mass is 16.2. The molecule has 0 radical (unpaired) electrons. The summed E-state index contributed by atoms with van der Waals surface area (Å²) in [6.45, 7) is 4.60. The van der Waals surface area contributed by atoms with Gasteiger partial charge in [-0.3, -0.25) is 14.5 Å². The van der Waals surface area contributed by atoms with Crippen LogP contribution in [0.15, 0.2) is 48.5 Å². The average molecular weight is 293 g/mol. The summed E-state index contributed by atoms with van der Waals surface area (Å²) in [6.07, 6.45) is 0.297. The van der Waals surface area contributed by atoms with Crippen LogP contribution in [0.5, 0.6) is 0 Å². The maximum Gasteiger partial charge on any atom is 0.261 e. The molecular weight excluding hydrogens is 274 g/mol. The molecule has 0 aromatic heterocycles. The number of carbonyl (C=O) groups excluding carboxylic acids is 2. The van der Waals surface area contributed by atoms with Crippen molar-refractivity contribution in [1.29, 1.82) is 0 Å². The first-order chi connectivity index (χ1) is 10.6. The van der Waals surface area contributed by atoms with E-state index in [9.17, 15) is 9.59 Å². The minimum atomic E-state index is -0.193. The van der Waals surface area contributed by atoms with Gasteiger partial charge in [0.15, 0.2) is 0 Å². The summed E-state index contributed by atoms with van der Waals surface area (Å²) in [5.41, 5.74) is 3.67. The highest BCUT2D eigenvalue weighted by molar-refractivity contribution is 6.09. The van der Waals surface area contributed by atoms with Gasteiger partial charge in [-0.05, 0) is 28.7 Å². The summed E-state index contributed by atoms with van der Waals surface area (Å²) in [5.74, 6) is 0.105. The summed E-state index contributed by atoms with van der Waals surface area (Å²) >= 11 is 0. The van der Waals surface area contributed by atoms with Gasteiger partial charge in [0.1, 0.15) is 0 Å². The molecule has 0 saturated carbocycles. The van der Waals surface area contributed by atoms with Gasteiger partial charge in [0.25, 0.3) is 5.91 Å². The number of benzene rings is 2. The van der Waals surface area contributed by atoms with Crippen LogP contribution in [0.3, 0.4) is 0 Å². The molecule has 1 aliphatic rings. The molecule has 2 aromatic carbocycles. The number of hydrogen-bond donors (Lipinski definition) is 0. The Hall–Kier alpha value is -2.42. The maximum absolute atomic E-state index is 12.6. The molecule has 2 amide bonds. The molecule has 1 heterocycles. The van der Waals surface area contributed by atoms with Gasteiger partial charge in [-0.25, -0.2) is 0 Å². The maximum atomic E-state index is 12.6. The van der Waals surface area contributed by atoms with E-state index in [0.717, 1.165) is 11.1 Å². The smallest absolute Gasteiger partial charge is 0.261 e. The minimum absolute atomic E-state index is 0.126. The Morgan fingerprint density at radius 3 is 2.59 bits per heavy atom. The van der Waals surface area contributed by atoms with Crippen molar-refractivity contribution in [3.63, 3.8) is 0 Å². The molecule has 22 heavy (non-hydrogen) atoms. The first-order valence-corrected chi connectivity index (χ1v) is 7.57. The lowest BCUT2D eigenvalue weighted by atomic mass is 9.97. The third kappa shape index (κ3) is 2.67. The molecule has 0 fully saturated rings. The molecule has 3 nitrogen and oxygen atoms in total. The number of rotatable bonds is 3. The van der Waals surface area contributed by atoms with E-state index in [2.05, 4.69) is 26.0 Å². The molecule has 0 aliphatic carbocycles. The molecule has 2 aromatic rings. The van der Waals surface area contributed by atoms with Crippen molar-refractivity contribution in [2.75, 3.05) is 0 Å². The number of carbonyl (C=O) groups is 2. The van der Waals surface area contributed by atoms with Crippen molar-refractivity contribution in [2.24, 2.45) is 0 Å². The van der Waals surface area contributed by atoms with E-state index >= 15 is 0 Å². The largest absolute Gasteiger partial charge is 0.274 e. The van der Waals surface area contributed by atoms with Gasteiger partial charge >= 0.3 is 0 Å². The fraction of sp³-hybridized carbons (Fsp3) is 0.263. The zero-order valence-electron chi connectivity index (χ0n) is 12.9. The second kappa shape index (κ2) is 5.76. The van der Waals surface area contributed by atoms with Crippen molar-refractivity contribution >= 4 is 11.8 Å². The Balaban J connectivity index is 1.88. The van der Waals surface area contributed by atoms with Crippen LogP contribution in [0.25, 0.3) is 0 Å². The van der Waals surface area contributed by atoms with E-state index in [-0.39, 0.29) is 11.8 Å². The lowest BCUT2D eigenvalue weighted by Crippen LogP contribution is -2.41. The summed E-state index contributed by atoms with van der Waals surface area (Å²) < 4.78 is 0. The fourth-order valence-electron chi connectivity index (χ4n) is 2.79. The summed E-state index contributed by atoms with van der Waals surface area (Å²) in [4.78, 5) is 26.2. The van der Waals surface area contributed by atoms with Crippen LogP contribution >= 0.6 is 0 Å². The SMILES string of the molecule is CC(C)c1cccc(CN2C(=O)Cc3ccccc3C2=O)c1. The molecule has 0 saturated heterocycles. The molecule has 3 rings (SSSR count). The van der Waals surface area contributed by atoms with Crippen LogP contribution in [0.2, 0.25) is 0 Å². The number of fused-ring (bicyclic) bond motifs is 1. The average Bonchev–Trinajstić information content (AvgIpc) is 2.52. The number of amides is 2. The zero-order chi connectivity index (χ0) is 15.7. The minimum Gasteiger partial charge on any atom is -0.274 e. The number of nitrogens with zero attached hydrogens (tertiary/aromatic N) is 1. The van der Waals surface area contributed by atoms with E-state index < -0.39 is 0 Å². The van der Waals surface area contributed by atoms with Crippen molar-refractivity contribution in [2.45, 2.75) is 32.7 Å². The fourth-order valence-corrected chi connectivity index (χ4v) is 2.79. The summed E-state index contributed by atoms with van der Waals surface area (Å²) in [6, 6.07) is 15.4. The lowest BCUT2D eigenvalue weighted by Gasteiger charge is -2.27.